The van der Waals surface area contributed by atoms with Crippen molar-refractivity contribution in [1.82, 2.24) is 15.5 Å². The van der Waals surface area contributed by atoms with Crippen LogP contribution in [0.2, 0.25) is 0 Å². The molecular formula is C17H28F3IN4. The van der Waals surface area contributed by atoms with E-state index in [9.17, 15) is 13.2 Å². The SMILES string of the molecule is CCNC(=NCc1cccc(CN(C)CC)c1)NCCC(F)(F)F.I. The highest BCUT2D eigenvalue weighted by molar-refractivity contribution is 14.0. The van der Waals surface area contributed by atoms with E-state index in [4.69, 9.17) is 0 Å². The molecule has 0 bridgehead atoms. The van der Waals surface area contributed by atoms with E-state index >= 15 is 0 Å². The zero-order chi connectivity index (χ0) is 18.0. The number of halogens is 4. The first kappa shape index (κ1) is 24.0. The average Bonchev–Trinajstić information content (AvgIpc) is 2.51. The van der Waals surface area contributed by atoms with Crippen LogP contribution in [0.4, 0.5) is 13.2 Å². The van der Waals surface area contributed by atoms with Crippen LogP contribution in [0.15, 0.2) is 29.3 Å². The molecule has 0 radical (unpaired) electrons. The Morgan fingerprint density at radius 3 is 2.44 bits per heavy atom. The number of guanidine groups is 1. The molecule has 0 aliphatic rings. The van der Waals surface area contributed by atoms with Gasteiger partial charge in [-0.2, -0.15) is 13.2 Å². The first-order valence-electron chi connectivity index (χ1n) is 8.19. The lowest BCUT2D eigenvalue weighted by Gasteiger charge is -2.14. The van der Waals surface area contributed by atoms with Gasteiger partial charge in [0.15, 0.2) is 5.96 Å². The third-order valence-corrected chi connectivity index (χ3v) is 3.45. The van der Waals surface area contributed by atoms with E-state index in [-0.39, 0.29) is 30.5 Å². The molecule has 0 spiro atoms. The monoisotopic (exact) mass is 472 g/mol. The lowest BCUT2D eigenvalue weighted by Crippen LogP contribution is -2.38. The van der Waals surface area contributed by atoms with Crippen molar-refractivity contribution in [2.45, 2.75) is 39.5 Å². The van der Waals surface area contributed by atoms with Gasteiger partial charge in [0.05, 0.1) is 13.0 Å². The molecule has 2 N–H and O–H groups in total. The van der Waals surface area contributed by atoms with Crippen LogP contribution in [0.5, 0.6) is 0 Å². The summed E-state index contributed by atoms with van der Waals surface area (Å²) < 4.78 is 36.6. The highest BCUT2D eigenvalue weighted by atomic mass is 127. The lowest BCUT2D eigenvalue weighted by atomic mass is 10.1. The predicted octanol–water partition coefficient (Wildman–Crippen LogP) is 3.76. The Bertz CT molecular complexity index is 521. The summed E-state index contributed by atoms with van der Waals surface area (Å²) >= 11 is 0. The van der Waals surface area contributed by atoms with Crippen molar-refractivity contribution in [2.75, 3.05) is 26.7 Å². The van der Waals surface area contributed by atoms with Gasteiger partial charge in [-0.3, -0.25) is 0 Å². The minimum absolute atomic E-state index is 0. The number of nitrogens with zero attached hydrogens (tertiary/aromatic N) is 2. The smallest absolute Gasteiger partial charge is 0.357 e. The third-order valence-electron chi connectivity index (χ3n) is 3.45. The van der Waals surface area contributed by atoms with Crippen molar-refractivity contribution in [2.24, 2.45) is 4.99 Å². The summed E-state index contributed by atoms with van der Waals surface area (Å²) in [6.45, 7) is 6.64. The Morgan fingerprint density at radius 2 is 1.84 bits per heavy atom. The molecule has 0 unspecified atom stereocenters. The topological polar surface area (TPSA) is 39.7 Å². The molecule has 0 fully saturated rings. The van der Waals surface area contributed by atoms with E-state index in [2.05, 4.69) is 46.6 Å². The van der Waals surface area contributed by atoms with Crippen LogP contribution in [-0.2, 0) is 13.1 Å². The Kier molecular flexibility index (Phi) is 11.8. The highest BCUT2D eigenvalue weighted by Gasteiger charge is 2.26. The first-order chi connectivity index (χ1) is 11.3. The second-order valence-electron chi connectivity index (χ2n) is 5.64. The van der Waals surface area contributed by atoms with Gasteiger partial charge in [-0.05, 0) is 31.6 Å². The Balaban J connectivity index is 0.00000576. The molecule has 0 saturated carbocycles. The molecule has 1 rings (SSSR count). The molecule has 0 saturated heterocycles. The van der Waals surface area contributed by atoms with Gasteiger partial charge in [0.25, 0.3) is 0 Å². The van der Waals surface area contributed by atoms with Crippen LogP contribution >= 0.6 is 24.0 Å². The van der Waals surface area contributed by atoms with Gasteiger partial charge in [-0.1, -0.05) is 31.2 Å². The number of rotatable bonds is 8. The predicted molar refractivity (Wildman–Crippen MR) is 107 cm³/mol. The van der Waals surface area contributed by atoms with Gasteiger partial charge in [0.2, 0.25) is 0 Å². The van der Waals surface area contributed by atoms with Gasteiger partial charge in [0, 0.05) is 19.6 Å². The number of alkyl halides is 3. The van der Waals surface area contributed by atoms with E-state index in [1.807, 2.05) is 19.1 Å². The van der Waals surface area contributed by atoms with Crippen molar-refractivity contribution < 1.29 is 13.2 Å². The Labute approximate surface area is 165 Å². The third kappa shape index (κ3) is 11.2. The fraction of sp³-hybridized carbons (Fsp3) is 0.588. The average molecular weight is 472 g/mol. The highest BCUT2D eigenvalue weighted by Crippen LogP contribution is 2.18. The molecule has 1 aromatic rings. The van der Waals surface area contributed by atoms with Gasteiger partial charge < -0.3 is 15.5 Å². The molecule has 0 heterocycles. The van der Waals surface area contributed by atoms with E-state index in [0.29, 0.717) is 19.0 Å². The number of benzene rings is 1. The molecule has 0 aliphatic heterocycles. The summed E-state index contributed by atoms with van der Waals surface area (Å²) in [5.74, 6) is 0.401. The summed E-state index contributed by atoms with van der Waals surface area (Å²) in [5.41, 5.74) is 2.23. The van der Waals surface area contributed by atoms with Crippen molar-refractivity contribution in [3.63, 3.8) is 0 Å². The van der Waals surface area contributed by atoms with Crippen LogP contribution in [0.25, 0.3) is 0 Å². The van der Waals surface area contributed by atoms with E-state index in [1.54, 1.807) is 0 Å². The minimum Gasteiger partial charge on any atom is -0.357 e. The van der Waals surface area contributed by atoms with Crippen LogP contribution in [0, 0.1) is 0 Å². The van der Waals surface area contributed by atoms with Gasteiger partial charge in [-0.25, -0.2) is 4.99 Å². The van der Waals surface area contributed by atoms with Gasteiger partial charge in [0.1, 0.15) is 0 Å². The number of hydrogen-bond donors (Lipinski definition) is 2. The summed E-state index contributed by atoms with van der Waals surface area (Å²) in [4.78, 5) is 6.56. The maximum Gasteiger partial charge on any atom is 0.390 e. The van der Waals surface area contributed by atoms with Crippen LogP contribution < -0.4 is 10.6 Å². The molecule has 144 valence electrons. The molecular weight excluding hydrogens is 444 g/mol. The van der Waals surface area contributed by atoms with Crippen molar-refractivity contribution in [3.05, 3.63) is 35.4 Å². The minimum atomic E-state index is -4.16. The standard InChI is InChI=1S/C17H27F3N4.HI/c1-4-21-16(22-10-9-17(18,19)20)23-12-14-7-6-8-15(11-14)13-24(3)5-2;/h6-8,11H,4-5,9-10,12-13H2,1-3H3,(H2,21,22,23);1H. The molecule has 1 aromatic carbocycles. The maximum atomic E-state index is 12.2. The van der Waals surface area contributed by atoms with Crippen LogP contribution in [0.1, 0.15) is 31.4 Å². The molecule has 25 heavy (non-hydrogen) atoms. The Morgan fingerprint density at radius 1 is 1.16 bits per heavy atom. The van der Waals surface area contributed by atoms with Crippen LogP contribution in [0.3, 0.4) is 0 Å². The molecule has 0 aliphatic carbocycles. The largest absolute Gasteiger partial charge is 0.390 e. The second-order valence-corrected chi connectivity index (χ2v) is 5.64. The summed E-state index contributed by atoms with van der Waals surface area (Å²) in [5, 5.41) is 5.67. The molecule has 0 atom stereocenters. The maximum absolute atomic E-state index is 12.2. The van der Waals surface area contributed by atoms with E-state index < -0.39 is 12.6 Å². The molecule has 0 aromatic heterocycles. The zero-order valence-corrected chi connectivity index (χ0v) is 17.3. The summed E-state index contributed by atoms with van der Waals surface area (Å²) in [6.07, 6.45) is -5.04. The van der Waals surface area contributed by atoms with Crippen molar-refractivity contribution >= 4 is 29.9 Å². The van der Waals surface area contributed by atoms with Crippen LogP contribution in [-0.4, -0.2) is 43.7 Å². The van der Waals surface area contributed by atoms with Gasteiger partial charge in [-0.15, -0.1) is 24.0 Å². The normalized spacial score (nSPS) is 12.0. The molecule has 0 amide bonds. The summed E-state index contributed by atoms with van der Waals surface area (Å²) in [6, 6.07) is 8.09. The number of hydrogen-bond acceptors (Lipinski definition) is 2. The zero-order valence-electron chi connectivity index (χ0n) is 15.0. The Hall–Kier alpha value is -1.03. The van der Waals surface area contributed by atoms with E-state index in [1.165, 1.54) is 5.56 Å². The van der Waals surface area contributed by atoms with Crippen molar-refractivity contribution in [3.8, 4) is 0 Å². The molecule has 4 nitrogen and oxygen atoms in total. The van der Waals surface area contributed by atoms with Crippen molar-refractivity contribution in [1.29, 1.82) is 0 Å². The van der Waals surface area contributed by atoms with Gasteiger partial charge >= 0.3 is 6.18 Å². The number of aliphatic imine (C=N–C) groups is 1. The van der Waals surface area contributed by atoms with E-state index in [0.717, 1.165) is 18.7 Å². The summed E-state index contributed by atoms with van der Waals surface area (Å²) in [7, 11) is 2.05. The lowest BCUT2D eigenvalue weighted by molar-refractivity contribution is -0.132. The number of nitrogens with one attached hydrogen (secondary N) is 2. The molecule has 8 heteroatoms. The fourth-order valence-electron chi connectivity index (χ4n) is 2.08. The first-order valence-corrected chi connectivity index (χ1v) is 8.19. The second kappa shape index (κ2) is 12.3. The fourth-order valence-corrected chi connectivity index (χ4v) is 2.08. The quantitative estimate of drug-likeness (QED) is 0.344.